The zero-order chi connectivity index (χ0) is 19.5. The number of ether oxygens (including phenoxy) is 2. The van der Waals surface area contributed by atoms with Gasteiger partial charge in [0.25, 0.3) is 5.91 Å². The monoisotopic (exact) mass is 369 g/mol. The lowest BCUT2D eigenvalue weighted by Gasteiger charge is -2.17. The Balaban J connectivity index is 1.91. The molecule has 0 heterocycles. The van der Waals surface area contributed by atoms with Gasteiger partial charge < -0.3 is 14.8 Å². The summed E-state index contributed by atoms with van der Waals surface area (Å²) in [6.07, 6.45) is 0.684. The van der Waals surface area contributed by atoms with Gasteiger partial charge in [-0.1, -0.05) is 60.7 Å². The number of carbonyl (C=O) groups is 3. The van der Waals surface area contributed by atoms with Gasteiger partial charge in [0.05, 0.1) is 7.11 Å². The summed E-state index contributed by atoms with van der Waals surface area (Å²) in [6, 6.07) is 18.6. The van der Waals surface area contributed by atoms with E-state index in [1.807, 2.05) is 60.7 Å². The maximum atomic E-state index is 12.6. The van der Waals surface area contributed by atoms with Crippen molar-refractivity contribution in [3.05, 3.63) is 71.8 Å². The fourth-order valence-corrected chi connectivity index (χ4v) is 2.59. The van der Waals surface area contributed by atoms with Crippen molar-refractivity contribution in [3.8, 4) is 0 Å². The molecule has 0 saturated carbocycles. The molecule has 0 aromatic heterocycles. The Morgan fingerprint density at radius 3 is 2.00 bits per heavy atom. The van der Waals surface area contributed by atoms with Gasteiger partial charge in [0.15, 0.2) is 6.61 Å². The molecule has 0 aliphatic carbocycles. The Morgan fingerprint density at radius 1 is 0.926 bits per heavy atom. The number of benzene rings is 2. The second-order valence-electron chi connectivity index (χ2n) is 5.89. The van der Waals surface area contributed by atoms with Crippen molar-refractivity contribution in [2.75, 3.05) is 20.3 Å². The van der Waals surface area contributed by atoms with Gasteiger partial charge in [-0.2, -0.15) is 0 Å². The second kappa shape index (κ2) is 10.8. The Hall–Kier alpha value is -3.15. The van der Waals surface area contributed by atoms with Crippen molar-refractivity contribution in [2.45, 2.75) is 18.8 Å². The summed E-state index contributed by atoms with van der Waals surface area (Å²) in [6.45, 7) is -0.0560. The van der Waals surface area contributed by atoms with E-state index in [2.05, 4.69) is 10.1 Å². The molecule has 0 radical (unpaired) electrons. The van der Waals surface area contributed by atoms with Crippen LogP contribution in [0, 0.1) is 0 Å². The zero-order valence-corrected chi connectivity index (χ0v) is 15.2. The highest BCUT2D eigenvalue weighted by molar-refractivity contribution is 5.85. The number of amides is 1. The molecule has 6 nitrogen and oxygen atoms in total. The number of methoxy groups -OCH3 is 1. The summed E-state index contributed by atoms with van der Waals surface area (Å²) >= 11 is 0. The summed E-state index contributed by atoms with van der Waals surface area (Å²) < 4.78 is 9.76. The molecular formula is C21H23NO5. The van der Waals surface area contributed by atoms with Gasteiger partial charge in [0.2, 0.25) is 0 Å². The first kappa shape index (κ1) is 20.2. The molecule has 1 amide bonds. The van der Waals surface area contributed by atoms with Crippen molar-refractivity contribution in [3.63, 3.8) is 0 Å². The third-order valence-electron chi connectivity index (χ3n) is 3.95. The SMILES string of the molecule is COC(=O)CCCNC(=O)COC(=O)C(c1ccccc1)c1ccccc1. The van der Waals surface area contributed by atoms with Gasteiger partial charge in [-0.3, -0.25) is 14.4 Å². The van der Waals surface area contributed by atoms with Gasteiger partial charge >= 0.3 is 11.9 Å². The number of nitrogens with one attached hydrogen (secondary N) is 1. The van der Waals surface area contributed by atoms with Crippen LogP contribution in [-0.2, 0) is 23.9 Å². The van der Waals surface area contributed by atoms with Crippen molar-refractivity contribution in [1.29, 1.82) is 0 Å². The molecule has 6 heteroatoms. The first-order chi connectivity index (χ1) is 13.1. The molecular weight excluding hydrogens is 346 g/mol. The van der Waals surface area contributed by atoms with Gasteiger partial charge in [-0.25, -0.2) is 0 Å². The highest BCUT2D eigenvalue weighted by Crippen LogP contribution is 2.25. The third-order valence-corrected chi connectivity index (χ3v) is 3.95. The van der Waals surface area contributed by atoms with Crippen LogP contribution in [0.4, 0.5) is 0 Å². The predicted octanol–water partition coefficient (Wildman–Crippen LogP) is 2.43. The lowest BCUT2D eigenvalue weighted by Crippen LogP contribution is -2.31. The first-order valence-electron chi connectivity index (χ1n) is 8.72. The molecule has 2 aromatic rings. The molecule has 0 unspecified atom stereocenters. The van der Waals surface area contributed by atoms with Gasteiger partial charge in [0, 0.05) is 13.0 Å². The molecule has 0 spiro atoms. The minimum Gasteiger partial charge on any atom is -0.469 e. The van der Waals surface area contributed by atoms with Crippen molar-refractivity contribution in [1.82, 2.24) is 5.32 Å². The van der Waals surface area contributed by atoms with Crippen LogP contribution in [0.25, 0.3) is 0 Å². The van der Waals surface area contributed by atoms with E-state index in [4.69, 9.17) is 4.74 Å². The van der Waals surface area contributed by atoms with Crippen LogP contribution < -0.4 is 5.32 Å². The zero-order valence-electron chi connectivity index (χ0n) is 15.2. The van der Waals surface area contributed by atoms with Crippen molar-refractivity contribution < 1.29 is 23.9 Å². The van der Waals surface area contributed by atoms with Crippen LogP contribution in [-0.4, -0.2) is 38.1 Å². The lowest BCUT2D eigenvalue weighted by molar-refractivity contribution is -0.149. The maximum Gasteiger partial charge on any atom is 0.318 e. The Labute approximate surface area is 158 Å². The number of esters is 2. The molecule has 2 aromatic carbocycles. The summed E-state index contributed by atoms with van der Waals surface area (Å²) in [4.78, 5) is 35.5. The van der Waals surface area contributed by atoms with Crippen LogP contribution in [0.3, 0.4) is 0 Å². The Morgan fingerprint density at radius 2 is 1.48 bits per heavy atom. The van der Waals surface area contributed by atoms with E-state index >= 15 is 0 Å². The van der Waals surface area contributed by atoms with Crippen LogP contribution in [0.15, 0.2) is 60.7 Å². The minimum atomic E-state index is -0.598. The smallest absolute Gasteiger partial charge is 0.318 e. The van der Waals surface area contributed by atoms with Crippen LogP contribution in [0.2, 0.25) is 0 Å². The van der Waals surface area contributed by atoms with Crippen molar-refractivity contribution >= 4 is 17.8 Å². The standard InChI is InChI=1S/C21H23NO5/c1-26-19(24)13-8-14-22-18(23)15-27-21(25)20(16-9-4-2-5-10-16)17-11-6-3-7-12-17/h2-7,9-12,20H,8,13-15H2,1H3,(H,22,23). The lowest BCUT2D eigenvalue weighted by atomic mass is 9.91. The molecule has 0 saturated heterocycles. The highest BCUT2D eigenvalue weighted by Gasteiger charge is 2.24. The topological polar surface area (TPSA) is 81.7 Å². The van der Waals surface area contributed by atoms with Gasteiger partial charge in [-0.05, 0) is 17.5 Å². The van der Waals surface area contributed by atoms with E-state index in [1.54, 1.807) is 0 Å². The van der Waals surface area contributed by atoms with E-state index in [0.29, 0.717) is 13.0 Å². The number of rotatable bonds is 9. The molecule has 0 bridgehead atoms. The molecule has 1 N–H and O–H groups in total. The largest absolute Gasteiger partial charge is 0.469 e. The fourth-order valence-electron chi connectivity index (χ4n) is 2.59. The van der Waals surface area contributed by atoms with E-state index < -0.39 is 17.8 Å². The van der Waals surface area contributed by atoms with Gasteiger partial charge in [-0.15, -0.1) is 0 Å². The average Bonchev–Trinajstić information content (AvgIpc) is 2.71. The first-order valence-corrected chi connectivity index (χ1v) is 8.72. The highest BCUT2D eigenvalue weighted by atomic mass is 16.5. The molecule has 0 aliphatic rings. The average molecular weight is 369 g/mol. The molecule has 142 valence electrons. The molecule has 0 aliphatic heterocycles. The van der Waals surface area contributed by atoms with Crippen LogP contribution >= 0.6 is 0 Å². The summed E-state index contributed by atoms with van der Waals surface area (Å²) in [5.74, 6) is -1.83. The number of carbonyl (C=O) groups excluding carboxylic acids is 3. The predicted molar refractivity (Wildman–Crippen MR) is 99.9 cm³/mol. The quantitative estimate of drug-likeness (QED) is 0.542. The molecule has 27 heavy (non-hydrogen) atoms. The fraction of sp³-hybridized carbons (Fsp3) is 0.286. The third kappa shape index (κ3) is 6.58. The normalized spacial score (nSPS) is 10.3. The van der Waals surface area contributed by atoms with E-state index in [0.717, 1.165) is 11.1 Å². The number of hydrogen-bond donors (Lipinski definition) is 1. The maximum absolute atomic E-state index is 12.6. The second-order valence-corrected chi connectivity index (χ2v) is 5.89. The van der Waals surface area contributed by atoms with Crippen LogP contribution in [0.1, 0.15) is 29.9 Å². The molecule has 0 atom stereocenters. The minimum absolute atomic E-state index is 0.223. The Kier molecular flexibility index (Phi) is 8.03. The molecule has 2 rings (SSSR count). The summed E-state index contributed by atoms with van der Waals surface area (Å²) in [5.41, 5.74) is 1.60. The van der Waals surface area contributed by atoms with Crippen LogP contribution in [0.5, 0.6) is 0 Å². The van der Waals surface area contributed by atoms with Gasteiger partial charge in [0.1, 0.15) is 5.92 Å². The van der Waals surface area contributed by atoms with E-state index in [9.17, 15) is 14.4 Å². The van der Waals surface area contributed by atoms with E-state index in [-0.39, 0.29) is 19.0 Å². The van der Waals surface area contributed by atoms with E-state index in [1.165, 1.54) is 7.11 Å². The Bertz CT molecular complexity index is 706. The molecule has 0 fully saturated rings. The number of hydrogen-bond acceptors (Lipinski definition) is 5. The summed E-state index contributed by atoms with van der Waals surface area (Å²) in [7, 11) is 1.32. The van der Waals surface area contributed by atoms with Crippen molar-refractivity contribution in [2.24, 2.45) is 0 Å². The summed E-state index contributed by atoms with van der Waals surface area (Å²) in [5, 5.41) is 2.61.